The van der Waals surface area contributed by atoms with Crippen molar-refractivity contribution in [1.82, 2.24) is 4.90 Å². The van der Waals surface area contributed by atoms with E-state index < -0.39 is 23.7 Å². The Bertz CT molecular complexity index is 905. The Kier molecular flexibility index (Phi) is 6.33. The molecule has 156 valence electrons. The Morgan fingerprint density at radius 3 is 2.69 bits per heavy atom. The highest BCUT2D eigenvalue weighted by Crippen LogP contribution is 2.37. The molecular weight excluding hydrogens is 412 g/mol. The third-order valence-electron chi connectivity index (χ3n) is 4.69. The predicted octanol–water partition coefficient (Wildman–Crippen LogP) is 5.67. The van der Waals surface area contributed by atoms with Gasteiger partial charge in [0.2, 0.25) is 0 Å². The van der Waals surface area contributed by atoms with E-state index in [9.17, 15) is 22.4 Å². The zero-order valence-electron chi connectivity index (χ0n) is 15.5. The van der Waals surface area contributed by atoms with Crippen molar-refractivity contribution >= 4 is 23.4 Å². The predicted molar refractivity (Wildman–Crippen MR) is 102 cm³/mol. The molecule has 0 spiro atoms. The molecule has 29 heavy (non-hydrogen) atoms. The van der Waals surface area contributed by atoms with Crippen molar-refractivity contribution in [3.05, 3.63) is 52.8 Å². The minimum absolute atomic E-state index is 0.0250. The first-order valence-corrected chi connectivity index (χ1v) is 9.29. The van der Waals surface area contributed by atoms with Gasteiger partial charge < -0.3 is 9.64 Å². The fourth-order valence-corrected chi connectivity index (χ4v) is 3.51. The van der Waals surface area contributed by atoms with Gasteiger partial charge in [-0.2, -0.15) is 13.2 Å². The summed E-state index contributed by atoms with van der Waals surface area (Å²) >= 11 is 5.83. The molecule has 1 saturated heterocycles. The maximum atomic E-state index is 13.8. The van der Waals surface area contributed by atoms with Gasteiger partial charge in [-0.1, -0.05) is 11.6 Å². The van der Waals surface area contributed by atoms with E-state index >= 15 is 0 Å². The van der Waals surface area contributed by atoms with Gasteiger partial charge in [0, 0.05) is 23.0 Å². The SMILES string of the molecule is CN1CC[C@@H](COC(=O)Nc2ccc(F)cc2-c2cc(Cl)cc(C(F)(F)F)c2)C1. The van der Waals surface area contributed by atoms with Crippen LogP contribution in [0.4, 0.5) is 28.0 Å². The molecule has 1 aliphatic rings. The molecule has 1 atom stereocenters. The number of rotatable bonds is 4. The molecule has 1 heterocycles. The normalized spacial score (nSPS) is 17.4. The van der Waals surface area contributed by atoms with E-state index in [0.29, 0.717) is 0 Å². The fourth-order valence-electron chi connectivity index (χ4n) is 3.28. The Morgan fingerprint density at radius 1 is 1.28 bits per heavy atom. The number of alkyl halides is 3. The lowest BCUT2D eigenvalue weighted by Crippen LogP contribution is -2.21. The van der Waals surface area contributed by atoms with E-state index in [0.717, 1.165) is 43.8 Å². The van der Waals surface area contributed by atoms with E-state index in [1.165, 1.54) is 12.1 Å². The number of likely N-dealkylation sites (tertiary alicyclic amines) is 1. The maximum absolute atomic E-state index is 13.8. The number of carbonyl (C=O) groups is 1. The summed E-state index contributed by atoms with van der Waals surface area (Å²) in [6.45, 7) is 1.97. The van der Waals surface area contributed by atoms with Gasteiger partial charge in [-0.05, 0) is 62.0 Å². The molecule has 0 aromatic heterocycles. The van der Waals surface area contributed by atoms with E-state index in [4.69, 9.17) is 16.3 Å². The number of ether oxygens (including phenoxy) is 1. The average molecular weight is 431 g/mol. The van der Waals surface area contributed by atoms with Crippen LogP contribution in [-0.2, 0) is 10.9 Å². The monoisotopic (exact) mass is 430 g/mol. The first-order chi connectivity index (χ1) is 13.6. The average Bonchev–Trinajstić information content (AvgIpc) is 3.05. The van der Waals surface area contributed by atoms with Crippen LogP contribution in [-0.4, -0.2) is 37.7 Å². The summed E-state index contributed by atoms with van der Waals surface area (Å²) in [5.74, 6) is -0.442. The van der Waals surface area contributed by atoms with Gasteiger partial charge >= 0.3 is 12.3 Å². The number of hydrogen-bond donors (Lipinski definition) is 1. The van der Waals surface area contributed by atoms with Gasteiger partial charge in [-0.15, -0.1) is 0 Å². The first kappa shape index (κ1) is 21.4. The van der Waals surface area contributed by atoms with Crippen LogP contribution in [0.5, 0.6) is 0 Å². The highest BCUT2D eigenvalue weighted by molar-refractivity contribution is 6.31. The van der Waals surface area contributed by atoms with Crippen LogP contribution in [0, 0.1) is 11.7 Å². The minimum atomic E-state index is -4.62. The summed E-state index contributed by atoms with van der Waals surface area (Å²) in [5.41, 5.74) is -0.758. The highest BCUT2D eigenvalue weighted by Gasteiger charge is 2.31. The topological polar surface area (TPSA) is 41.6 Å². The molecule has 9 heteroatoms. The van der Waals surface area contributed by atoms with Crippen LogP contribution in [0.1, 0.15) is 12.0 Å². The summed E-state index contributed by atoms with van der Waals surface area (Å²) in [7, 11) is 1.98. The quantitative estimate of drug-likeness (QED) is 0.636. The number of carbonyl (C=O) groups excluding carboxylic acids is 1. The van der Waals surface area contributed by atoms with E-state index in [1.807, 2.05) is 7.05 Å². The van der Waals surface area contributed by atoms with Gasteiger partial charge in [0.05, 0.1) is 17.9 Å². The second-order valence-electron chi connectivity index (χ2n) is 7.06. The number of nitrogens with one attached hydrogen (secondary N) is 1. The van der Waals surface area contributed by atoms with Crippen molar-refractivity contribution in [3.63, 3.8) is 0 Å². The summed E-state index contributed by atoms with van der Waals surface area (Å²) in [6, 6.07) is 6.31. The van der Waals surface area contributed by atoms with Crippen LogP contribution in [0.3, 0.4) is 0 Å². The largest absolute Gasteiger partial charge is 0.449 e. The Balaban J connectivity index is 1.81. The van der Waals surface area contributed by atoms with Crippen LogP contribution in [0.2, 0.25) is 5.02 Å². The first-order valence-electron chi connectivity index (χ1n) is 8.92. The van der Waals surface area contributed by atoms with Crippen molar-refractivity contribution in [2.45, 2.75) is 12.6 Å². The summed E-state index contributed by atoms with van der Waals surface area (Å²) in [5, 5.41) is 2.33. The molecule has 3 rings (SSSR count). The molecule has 0 bridgehead atoms. The zero-order chi connectivity index (χ0) is 21.2. The number of benzene rings is 2. The van der Waals surface area contributed by atoms with Crippen LogP contribution in [0.15, 0.2) is 36.4 Å². The molecule has 0 saturated carbocycles. The third kappa shape index (κ3) is 5.61. The molecular formula is C20H19ClF4N2O2. The number of anilines is 1. The summed E-state index contributed by atoms with van der Waals surface area (Å²) in [6.07, 6.45) is -4.46. The molecule has 2 aromatic rings. The molecule has 1 aliphatic heterocycles. The lowest BCUT2D eigenvalue weighted by atomic mass is 10.0. The standard InChI is InChI=1S/C20H19ClF4N2O2/c1-27-5-4-12(10-27)11-29-19(28)26-18-3-2-16(22)9-17(18)13-6-14(20(23,24)25)8-15(21)7-13/h2-3,6-9,12H,4-5,10-11H2,1H3,(H,26,28)/t12-/m1/s1. The second kappa shape index (κ2) is 8.59. The van der Waals surface area contributed by atoms with Crippen molar-refractivity contribution in [1.29, 1.82) is 0 Å². The van der Waals surface area contributed by atoms with Crippen LogP contribution >= 0.6 is 11.6 Å². The molecule has 1 N–H and O–H groups in total. The van der Waals surface area contributed by atoms with Gasteiger partial charge in [0.15, 0.2) is 0 Å². The van der Waals surface area contributed by atoms with Gasteiger partial charge in [0.1, 0.15) is 5.82 Å². The highest BCUT2D eigenvalue weighted by atomic mass is 35.5. The fraction of sp³-hybridized carbons (Fsp3) is 0.350. The van der Waals surface area contributed by atoms with Gasteiger partial charge in [-0.3, -0.25) is 5.32 Å². The smallest absolute Gasteiger partial charge is 0.416 e. The van der Waals surface area contributed by atoms with Crippen LogP contribution in [0.25, 0.3) is 11.1 Å². The number of nitrogens with zero attached hydrogens (tertiary/aromatic N) is 1. The summed E-state index contributed by atoms with van der Waals surface area (Å²) < 4.78 is 58.3. The van der Waals surface area contributed by atoms with Crippen molar-refractivity contribution in [2.24, 2.45) is 5.92 Å². The number of hydrogen-bond acceptors (Lipinski definition) is 3. The molecule has 0 unspecified atom stereocenters. The molecule has 1 amide bonds. The minimum Gasteiger partial charge on any atom is -0.449 e. The maximum Gasteiger partial charge on any atom is 0.416 e. The van der Waals surface area contributed by atoms with Crippen LogP contribution < -0.4 is 5.32 Å². The Labute approximate surface area is 170 Å². The van der Waals surface area contributed by atoms with Crippen molar-refractivity contribution < 1.29 is 27.1 Å². The molecule has 2 aromatic carbocycles. The molecule has 1 fully saturated rings. The number of amides is 1. The number of halogens is 5. The van der Waals surface area contributed by atoms with E-state index in [2.05, 4.69) is 10.2 Å². The third-order valence-corrected chi connectivity index (χ3v) is 4.91. The molecule has 0 radical (unpaired) electrons. The van der Waals surface area contributed by atoms with Gasteiger partial charge in [-0.25, -0.2) is 9.18 Å². The Hall–Kier alpha value is -2.32. The second-order valence-corrected chi connectivity index (χ2v) is 7.49. The van der Waals surface area contributed by atoms with E-state index in [-0.39, 0.29) is 34.4 Å². The van der Waals surface area contributed by atoms with Gasteiger partial charge in [0.25, 0.3) is 0 Å². The Morgan fingerprint density at radius 2 is 2.03 bits per heavy atom. The zero-order valence-corrected chi connectivity index (χ0v) is 16.3. The van der Waals surface area contributed by atoms with E-state index in [1.54, 1.807) is 0 Å². The lowest BCUT2D eigenvalue weighted by Gasteiger charge is -2.15. The van der Waals surface area contributed by atoms with Crippen molar-refractivity contribution in [2.75, 3.05) is 32.1 Å². The molecule has 0 aliphatic carbocycles. The lowest BCUT2D eigenvalue weighted by molar-refractivity contribution is -0.137. The summed E-state index contributed by atoms with van der Waals surface area (Å²) in [4.78, 5) is 14.3. The van der Waals surface area contributed by atoms with Crippen molar-refractivity contribution in [3.8, 4) is 11.1 Å². The molecule has 4 nitrogen and oxygen atoms in total.